The van der Waals surface area contributed by atoms with E-state index in [1.807, 2.05) is 13.1 Å². The maximum Gasteiger partial charge on any atom is 0.296 e. The number of hydrogen-bond acceptors (Lipinski definition) is 1. The van der Waals surface area contributed by atoms with E-state index in [1.54, 1.807) is 0 Å². The smallest absolute Gasteiger partial charge is 0.296 e. The van der Waals surface area contributed by atoms with Crippen molar-refractivity contribution in [2.75, 3.05) is 0 Å². The van der Waals surface area contributed by atoms with Gasteiger partial charge in [-0.05, 0) is 13.1 Å². The summed E-state index contributed by atoms with van der Waals surface area (Å²) in [5, 5.41) is 0. The fourth-order valence-electron chi connectivity index (χ4n) is 0.319. The summed E-state index contributed by atoms with van der Waals surface area (Å²) in [5.74, 6) is 0. The van der Waals surface area contributed by atoms with Gasteiger partial charge in [0, 0.05) is 0 Å². The Morgan fingerprint density at radius 1 is 1.33 bits per heavy atom. The first-order chi connectivity index (χ1) is 4.04. The van der Waals surface area contributed by atoms with Crippen LogP contribution in [0.5, 0.6) is 0 Å². The van der Waals surface area contributed by atoms with Crippen molar-refractivity contribution in [3.63, 3.8) is 0 Å². The molecular weight excluding hydrogens is 215 g/mol. The van der Waals surface area contributed by atoms with Crippen molar-refractivity contribution in [1.82, 2.24) is 0 Å². The van der Waals surface area contributed by atoms with Crippen LogP contribution in [0.2, 0.25) is 13.1 Å². The molecule has 56 valence electrons. The minimum atomic E-state index is -1.77. The summed E-state index contributed by atoms with van der Waals surface area (Å²) < 4.78 is 4.81. The van der Waals surface area contributed by atoms with Crippen LogP contribution in [0.1, 0.15) is 0 Å². The summed E-state index contributed by atoms with van der Waals surface area (Å²) in [6.07, 6.45) is 0. The van der Waals surface area contributed by atoms with E-state index in [2.05, 4.69) is 0 Å². The van der Waals surface area contributed by atoms with Crippen LogP contribution in [-0.2, 0) is 4.12 Å². The fourth-order valence-corrected chi connectivity index (χ4v) is 5.80. The molecule has 1 unspecified atom stereocenters. The molecule has 0 saturated heterocycles. The monoisotopic (exact) mass is 222 g/mol. The van der Waals surface area contributed by atoms with Crippen LogP contribution in [0.3, 0.4) is 0 Å². The van der Waals surface area contributed by atoms with Gasteiger partial charge < -0.3 is 4.12 Å². The maximum absolute atomic E-state index is 5.70. The molecule has 1 nitrogen and oxygen atoms in total. The Hall–Kier alpha value is 1.26. The highest BCUT2D eigenvalue weighted by Crippen LogP contribution is 2.11. The largest absolute Gasteiger partial charge is 0.448 e. The van der Waals surface area contributed by atoms with E-state index in [0.717, 1.165) is 0 Å². The highest BCUT2D eigenvalue weighted by atomic mass is 35.6. The first-order valence-corrected chi connectivity index (χ1v) is 9.15. The molecule has 0 N–H and O–H groups in total. The van der Waals surface area contributed by atoms with E-state index < -0.39 is 21.8 Å². The minimum Gasteiger partial charge on any atom is -0.448 e. The van der Waals surface area contributed by atoms with Gasteiger partial charge >= 0.3 is 0 Å². The molecule has 0 aliphatic heterocycles. The summed E-state index contributed by atoms with van der Waals surface area (Å²) in [6, 6.07) is 0. The van der Waals surface area contributed by atoms with Crippen molar-refractivity contribution in [2.24, 2.45) is 0 Å². The van der Waals surface area contributed by atoms with Crippen LogP contribution in [-0.4, -0.2) is 21.8 Å². The molecule has 0 aromatic carbocycles. The lowest BCUT2D eigenvalue weighted by Gasteiger charge is -2.11. The Bertz CT molecular complexity index is 79.5. The Balaban J connectivity index is 3.38. The predicted molar refractivity (Wildman–Crippen MR) is 48.5 cm³/mol. The van der Waals surface area contributed by atoms with Crippen molar-refractivity contribution in [3.05, 3.63) is 0 Å². The lowest BCUT2D eigenvalue weighted by molar-refractivity contribution is 0.617. The molecule has 1 atom stereocenters. The normalized spacial score (nSPS) is 15.0. The zero-order valence-corrected chi connectivity index (χ0v) is 9.85. The second-order valence-corrected chi connectivity index (χ2v) is 9.73. The molecule has 0 aromatic rings. The number of halogens is 3. The van der Waals surface area contributed by atoms with Gasteiger partial charge in [0.15, 0.2) is 9.04 Å². The van der Waals surface area contributed by atoms with Crippen molar-refractivity contribution in [1.29, 1.82) is 0 Å². The molecule has 0 radical (unpaired) electrons. The molecule has 0 rings (SSSR count). The van der Waals surface area contributed by atoms with Crippen LogP contribution >= 0.6 is 34.3 Å². The average molecular weight is 224 g/mol. The third-order valence-electron chi connectivity index (χ3n) is 0.600. The van der Waals surface area contributed by atoms with Gasteiger partial charge in [0.25, 0.3) is 8.35 Å². The summed E-state index contributed by atoms with van der Waals surface area (Å²) in [7, 11) is -2.79. The highest BCUT2D eigenvalue weighted by molar-refractivity contribution is 7.11. The molecule has 0 aliphatic rings. The average Bonchev–Trinajstić information content (AvgIpc) is 1.63. The second-order valence-electron chi connectivity index (χ2n) is 1.87. The summed E-state index contributed by atoms with van der Waals surface area (Å²) >= 11 is 16.6. The Morgan fingerprint density at radius 2 is 1.78 bits per heavy atom. The highest BCUT2D eigenvalue weighted by Gasteiger charge is 2.18. The van der Waals surface area contributed by atoms with Gasteiger partial charge in [0.2, 0.25) is 0 Å². The zero-order valence-electron chi connectivity index (χ0n) is 5.27. The Kier molecular flexibility index (Phi) is 5.69. The molecule has 0 aromatic heterocycles. The molecule has 0 saturated carbocycles. The van der Waals surface area contributed by atoms with Crippen molar-refractivity contribution in [2.45, 2.75) is 17.6 Å². The predicted octanol–water partition coefficient (Wildman–Crippen LogP) is 1.79. The van der Waals surface area contributed by atoms with Crippen LogP contribution in [0.25, 0.3) is 0 Å². The fraction of sp³-hybridized carbons (Fsp3) is 1.00. The molecule has 6 heteroatoms. The Morgan fingerprint density at radius 3 is 1.89 bits per heavy atom. The van der Waals surface area contributed by atoms with Crippen molar-refractivity contribution < 1.29 is 4.12 Å². The molecule has 0 fully saturated rings. The van der Waals surface area contributed by atoms with Crippen LogP contribution in [0.15, 0.2) is 0 Å². The molecule has 0 bridgehead atoms. The number of rotatable bonds is 3. The van der Waals surface area contributed by atoms with Crippen LogP contribution in [0, 0.1) is 0 Å². The van der Waals surface area contributed by atoms with E-state index in [-0.39, 0.29) is 0 Å². The van der Waals surface area contributed by atoms with E-state index in [1.165, 1.54) is 0 Å². The number of hydrogen-bond donors (Lipinski definition) is 0. The quantitative estimate of drug-likeness (QED) is 0.403. The SMILES string of the molecule is C[SiH](C)O[SiH](Cl)C(Cl)Cl. The van der Waals surface area contributed by atoms with Crippen LogP contribution < -0.4 is 0 Å². The van der Waals surface area contributed by atoms with Gasteiger partial charge in [-0.3, -0.25) is 0 Å². The summed E-state index contributed by atoms with van der Waals surface area (Å²) in [6.45, 7) is 4.08. The van der Waals surface area contributed by atoms with Gasteiger partial charge in [0.05, 0.1) is 0 Å². The second kappa shape index (κ2) is 4.99. The molecule has 0 aliphatic carbocycles. The maximum atomic E-state index is 5.70. The van der Waals surface area contributed by atoms with E-state index >= 15 is 0 Å². The third kappa shape index (κ3) is 5.70. The first-order valence-electron chi connectivity index (χ1n) is 2.61. The molecule has 0 spiro atoms. The molecule has 0 heterocycles. The van der Waals surface area contributed by atoms with Crippen LogP contribution in [0.4, 0.5) is 0 Å². The molecule has 9 heavy (non-hydrogen) atoms. The van der Waals surface area contributed by atoms with E-state index in [0.29, 0.717) is 0 Å². The molecule has 0 amide bonds. The van der Waals surface area contributed by atoms with Gasteiger partial charge in [-0.1, -0.05) is 0 Å². The van der Waals surface area contributed by atoms with E-state index in [4.69, 9.17) is 38.4 Å². The Labute approximate surface area is 73.4 Å². The minimum absolute atomic E-state index is 0.485. The van der Waals surface area contributed by atoms with Gasteiger partial charge in [-0.25, -0.2) is 0 Å². The van der Waals surface area contributed by atoms with Gasteiger partial charge in [-0.2, -0.15) is 0 Å². The van der Waals surface area contributed by atoms with Gasteiger partial charge in [0.1, 0.15) is 4.46 Å². The summed E-state index contributed by atoms with van der Waals surface area (Å²) in [4.78, 5) is 0. The molecular formula is C3H9Cl3OSi2. The standard InChI is InChI=1S/C3H9Cl3OSi2/c1-8(2)7-9(6)3(4)5/h3,8-9H,1-2H3. The van der Waals surface area contributed by atoms with E-state index in [9.17, 15) is 0 Å². The third-order valence-corrected chi connectivity index (χ3v) is 8.04. The number of alkyl halides is 2. The lowest BCUT2D eigenvalue weighted by Crippen LogP contribution is -2.25. The topological polar surface area (TPSA) is 9.23 Å². The lowest BCUT2D eigenvalue weighted by atomic mass is 11.9. The van der Waals surface area contributed by atoms with Gasteiger partial charge in [-0.15, -0.1) is 34.3 Å². The summed E-state index contributed by atoms with van der Waals surface area (Å²) in [5.41, 5.74) is 0. The zero-order chi connectivity index (χ0) is 7.44. The van der Waals surface area contributed by atoms with Crippen molar-refractivity contribution >= 4 is 51.7 Å². The first kappa shape index (κ1) is 10.3. The van der Waals surface area contributed by atoms with Crippen molar-refractivity contribution in [3.8, 4) is 0 Å².